The van der Waals surface area contributed by atoms with Crippen molar-refractivity contribution >= 4 is 5.91 Å². The van der Waals surface area contributed by atoms with Crippen molar-refractivity contribution in [3.63, 3.8) is 0 Å². The Balaban J connectivity index is 1.10. The van der Waals surface area contributed by atoms with Gasteiger partial charge in [-0.05, 0) is 67.5 Å². The number of hydrogen-bond donors (Lipinski definition) is 2. The number of pyridine rings is 1. The van der Waals surface area contributed by atoms with Gasteiger partial charge < -0.3 is 19.6 Å². The maximum absolute atomic E-state index is 12.7. The van der Waals surface area contributed by atoms with Crippen LogP contribution in [-0.4, -0.2) is 51.6 Å². The Kier molecular flexibility index (Phi) is 8.39. The zero-order chi connectivity index (χ0) is 26.5. The van der Waals surface area contributed by atoms with E-state index >= 15 is 0 Å². The van der Waals surface area contributed by atoms with Crippen LogP contribution in [0.15, 0.2) is 41.3 Å². The summed E-state index contributed by atoms with van der Waals surface area (Å²) < 4.78 is 11.4. The average molecular weight is 519 g/mol. The van der Waals surface area contributed by atoms with Crippen molar-refractivity contribution in [1.29, 1.82) is 0 Å². The molecule has 0 saturated heterocycles. The van der Waals surface area contributed by atoms with Crippen LogP contribution in [0.2, 0.25) is 0 Å². The van der Waals surface area contributed by atoms with Gasteiger partial charge >= 0.3 is 0 Å². The first-order valence-electron chi connectivity index (χ1n) is 13.7. The number of ether oxygens (including phenoxy) is 1. The molecule has 2 aliphatic rings. The summed E-state index contributed by atoms with van der Waals surface area (Å²) in [6.45, 7) is 6.69. The highest BCUT2D eigenvalue weighted by atomic mass is 16.5. The first-order chi connectivity index (χ1) is 18.5. The number of carbonyl (C=O) groups excluding carboxylic acids is 1. The second-order valence-electron chi connectivity index (χ2n) is 10.7. The molecule has 8 nitrogen and oxygen atoms in total. The molecular weight excluding hydrogens is 480 g/mol. The van der Waals surface area contributed by atoms with Gasteiger partial charge in [0.1, 0.15) is 12.4 Å². The second kappa shape index (κ2) is 12.1. The van der Waals surface area contributed by atoms with Crippen molar-refractivity contribution < 1.29 is 19.1 Å². The minimum atomic E-state index is -0.644. The lowest BCUT2D eigenvalue weighted by atomic mass is 9.94. The summed E-state index contributed by atoms with van der Waals surface area (Å²) in [5, 5.41) is 13.6. The van der Waals surface area contributed by atoms with Gasteiger partial charge in [-0.15, -0.1) is 0 Å². The molecule has 0 spiro atoms. The van der Waals surface area contributed by atoms with Crippen molar-refractivity contribution in [2.24, 2.45) is 5.92 Å². The molecular formula is C30H38N4O4. The summed E-state index contributed by atoms with van der Waals surface area (Å²) in [6, 6.07) is 7.76. The number of aromatic nitrogens is 2. The van der Waals surface area contributed by atoms with Gasteiger partial charge in [0.2, 0.25) is 0 Å². The lowest BCUT2D eigenvalue weighted by Gasteiger charge is -2.31. The van der Waals surface area contributed by atoms with Crippen LogP contribution in [0.3, 0.4) is 0 Å². The molecule has 38 heavy (non-hydrogen) atoms. The molecule has 1 aromatic carbocycles. The van der Waals surface area contributed by atoms with Crippen LogP contribution < -0.4 is 10.1 Å². The van der Waals surface area contributed by atoms with Crippen LogP contribution in [0.5, 0.6) is 5.75 Å². The summed E-state index contributed by atoms with van der Waals surface area (Å²) in [4.78, 5) is 23.5. The standard InChI is InChI=1S/C30H38N4O4/c1-20-27-10-12-34(16-24(27)7-8-28(20)37-18-29-21(2)33-19-38-29)17-26(35)15-32-30(36)23-9-11-31-25(14-23)13-22-5-3-4-6-22/h7-9,11,14,19,22,26,35H,3-6,10,12-13,15-18H2,1-2H3,(H,32,36)/t26-/m0/s1. The summed E-state index contributed by atoms with van der Waals surface area (Å²) in [5.74, 6) is 2.12. The topological polar surface area (TPSA) is 101 Å². The highest BCUT2D eigenvalue weighted by molar-refractivity contribution is 5.94. The molecule has 1 aliphatic carbocycles. The Bertz CT molecular complexity index is 1250. The fraction of sp³-hybridized carbons (Fsp3) is 0.500. The van der Waals surface area contributed by atoms with Crippen LogP contribution in [0.25, 0.3) is 0 Å². The smallest absolute Gasteiger partial charge is 0.251 e. The van der Waals surface area contributed by atoms with E-state index in [4.69, 9.17) is 9.15 Å². The Morgan fingerprint density at radius 3 is 2.87 bits per heavy atom. The third-order valence-corrected chi connectivity index (χ3v) is 7.94. The Morgan fingerprint density at radius 2 is 2.08 bits per heavy atom. The van der Waals surface area contributed by atoms with E-state index in [1.165, 1.54) is 43.2 Å². The number of amides is 1. The first kappa shape index (κ1) is 26.4. The highest BCUT2D eigenvalue weighted by Crippen LogP contribution is 2.30. The second-order valence-corrected chi connectivity index (χ2v) is 10.7. The minimum Gasteiger partial charge on any atom is -0.485 e. The molecule has 1 atom stereocenters. The molecule has 2 aromatic heterocycles. The van der Waals surface area contributed by atoms with Gasteiger partial charge in [0, 0.05) is 43.6 Å². The summed E-state index contributed by atoms with van der Waals surface area (Å²) in [5.41, 5.74) is 6.14. The molecule has 5 rings (SSSR count). The summed E-state index contributed by atoms with van der Waals surface area (Å²) in [7, 11) is 0. The van der Waals surface area contributed by atoms with Crippen molar-refractivity contribution in [1.82, 2.24) is 20.2 Å². The van der Waals surface area contributed by atoms with Crippen LogP contribution in [0.4, 0.5) is 0 Å². The zero-order valence-electron chi connectivity index (χ0n) is 22.4. The number of hydrogen-bond acceptors (Lipinski definition) is 7. The third kappa shape index (κ3) is 6.42. The van der Waals surface area contributed by atoms with Gasteiger partial charge in [0.05, 0.1) is 11.8 Å². The molecule has 1 amide bonds. The number of nitrogens with one attached hydrogen (secondary N) is 1. The predicted octanol–water partition coefficient (Wildman–Crippen LogP) is 4.15. The summed E-state index contributed by atoms with van der Waals surface area (Å²) >= 11 is 0. The van der Waals surface area contributed by atoms with E-state index in [1.807, 2.05) is 19.1 Å². The zero-order valence-corrected chi connectivity index (χ0v) is 22.4. The fourth-order valence-corrected chi connectivity index (χ4v) is 5.71. The van der Waals surface area contributed by atoms with E-state index in [1.54, 1.807) is 12.3 Å². The van der Waals surface area contributed by atoms with E-state index in [2.05, 4.69) is 33.2 Å². The van der Waals surface area contributed by atoms with E-state index in [9.17, 15) is 9.90 Å². The number of aliphatic hydroxyl groups excluding tert-OH is 1. The molecule has 0 unspecified atom stereocenters. The SMILES string of the molecule is Cc1ncoc1COc1ccc2c(c1C)CCN(C[C@@H](O)CNC(=O)c1ccnc(CC3CCCC3)c1)C2. The van der Waals surface area contributed by atoms with Gasteiger partial charge in [0.25, 0.3) is 5.91 Å². The van der Waals surface area contributed by atoms with E-state index in [0.717, 1.165) is 54.4 Å². The highest BCUT2D eigenvalue weighted by Gasteiger charge is 2.22. The Labute approximate surface area is 224 Å². The lowest BCUT2D eigenvalue weighted by molar-refractivity contribution is 0.0841. The van der Waals surface area contributed by atoms with Crippen LogP contribution in [0, 0.1) is 19.8 Å². The normalized spacial score (nSPS) is 16.8. The predicted molar refractivity (Wildman–Crippen MR) is 144 cm³/mol. The van der Waals surface area contributed by atoms with Gasteiger partial charge in [0.15, 0.2) is 12.2 Å². The lowest BCUT2D eigenvalue weighted by Crippen LogP contribution is -2.42. The molecule has 2 N–H and O–H groups in total. The molecule has 0 bridgehead atoms. The van der Waals surface area contributed by atoms with Crippen molar-refractivity contribution in [3.05, 3.63) is 76.3 Å². The number of rotatable bonds is 10. The van der Waals surface area contributed by atoms with E-state index in [0.29, 0.717) is 24.6 Å². The number of aryl methyl sites for hydroxylation is 1. The number of nitrogens with zero attached hydrogens (tertiary/aromatic N) is 3. The summed E-state index contributed by atoms with van der Waals surface area (Å²) in [6.07, 6.45) is 9.44. The third-order valence-electron chi connectivity index (χ3n) is 7.94. The number of fused-ring (bicyclic) bond motifs is 1. The average Bonchev–Trinajstić information content (AvgIpc) is 3.58. The molecule has 8 heteroatoms. The van der Waals surface area contributed by atoms with E-state index < -0.39 is 6.10 Å². The monoisotopic (exact) mass is 518 g/mol. The van der Waals surface area contributed by atoms with Crippen molar-refractivity contribution in [2.75, 3.05) is 19.6 Å². The largest absolute Gasteiger partial charge is 0.485 e. The molecule has 1 aliphatic heterocycles. The van der Waals surface area contributed by atoms with Crippen LogP contribution >= 0.6 is 0 Å². The quantitative estimate of drug-likeness (QED) is 0.416. The Morgan fingerprint density at radius 1 is 1.24 bits per heavy atom. The number of carbonyl (C=O) groups is 1. The maximum Gasteiger partial charge on any atom is 0.251 e. The van der Waals surface area contributed by atoms with E-state index in [-0.39, 0.29) is 12.5 Å². The van der Waals surface area contributed by atoms with Gasteiger partial charge in [-0.1, -0.05) is 31.7 Å². The van der Waals surface area contributed by atoms with Crippen LogP contribution in [0.1, 0.15) is 69.9 Å². The number of oxazole rings is 1. The van der Waals surface area contributed by atoms with Crippen LogP contribution in [-0.2, 0) is 26.0 Å². The minimum absolute atomic E-state index is 0.160. The first-order valence-corrected chi connectivity index (χ1v) is 13.7. The Hall–Kier alpha value is -3.23. The molecule has 1 saturated carbocycles. The molecule has 3 heterocycles. The molecule has 202 valence electrons. The van der Waals surface area contributed by atoms with Crippen molar-refractivity contribution in [2.45, 2.75) is 71.6 Å². The molecule has 1 fully saturated rings. The molecule has 0 radical (unpaired) electrons. The van der Waals surface area contributed by atoms with Gasteiger partial charge in [-0.25, -0.2) is 4.98 Å². The number of β-amino-alcohol motifs (C(OH)–C–C–N with tert-alkyl or cyclic N) is 1. The van der Waals surface area contributed by atoms with Gasteiger partial charge in [-0.3, -0.25) is 14.7 Å². The number of benzene rings is 1. The van der Waals surface area contributed by atoms with Gasteiger partial charge in [-0.2, -0.15) is 0 Å². The number of aliphatic hydroxyl groups is 1. The fourth-order valence-electron chi connectivity index (χ4n) is 5.71. The van der Waals surface area contributed by atoms with Crippen molar-refractivity contribution in [3.8, 4) is 5.75 Å². The maximum atomic E-state index is 12.7. The molecule has 3 aromatic rings.